The van der Waals surface area contributed by atoms with Gasteiger partial charge in [-0.3, -0.25) is 0 Å². The highest BCUT2D eigenvalue weighted by atomic mass is 32.2. The summed E-state index contributed by atoms with van der Waals surface area (Å²) < 4.78 is 0. The van der Waals surface area contributed by atoms with Crippen molar-refractivity contribution in [3.8, 4) is 0 Å². The summed E-state index contributed by atoms with van der Waals surface area (Å²) in [7, 11) is 0. The van der Waals surface area contributed by atoms with Crippen LogP contribution in [-0.4, -0.2) is 48.6 Å². The van der Waals surface area contributed by atoms with Gasteiger partial charge in [-0.05, 0) is 37.8 Å². The fraction of sp³-hybridized carbons (Fsp3) is 1.00. The van der Waals surface area contributed by atoms with Gasteiger partial charge in [0.15, 0.2) is 0 Å². The Labute approximate surface area is 105 Å². The second kappa shape index (κ2) is 6.27. The van der Waals surface area contributed by atoms with Crippen LogP contribution in [0.15, 0.2) is 0 Å². The zero-order valence-electron chi connectivity index (χ0n) is 10.7. The van der Waals surface area contributed by atoms with Crippen LogP contribution in [0.3, 0.4) is 0 Å². The van der Waals surface area contributed by atoms with Crippen molar-refractivity contribution >= 4 is 11.8 Å². The SMILES string of the molecule is CC(C)C1CCN(CC2CSCCN2)CC1. The molecule has 0 aliphatic carbocycles. The molecule has 0 aromatic carbocycles. The van der Waals surface area contributed by atoms with Gasteiger partial charge < -0.3 is 10.2 Å². The van der Waals surface area contributed by atoms with Gasteiger partial charge in [0.2, 0.25) is 0 Å². The summed E-state index contributed by atoms with van der Waals surface area (Å²) >= 11 is 2.11. The van der Waals surface area contributed by atoms with E-state index >= 15 is 0 Å². The summed E-state index contributed by atoms with van der Waals surface area (Å²) in [6, 6.07) is 0.745. The molecule has 2 heterocycles. The number of likely N-dealkylation sites (tertiary alicyclic amines) is 1. The van der Waals surface area contributed by atoms with Gasteiger partial charge in [-0.15, -0.1) is 0 Å². The van der Waals surface area contributed by atoms with Crippen molar-refractivity contribution in [3.63, 3.8) is 0 Å². The van der Waals surface area contributed by atoms with Crippen molar-refractivity contribution in [1.29, 1.82) is 0 Å². The zero-order chi connectivity index (χ0) is 11.4. The van der Waals surface area contributed by atoms with Crippen LogP contribution in [0, 0.1) is 11.8 Å². The van der Waals surface area contributed by atoms with Gasteiger partial charge in [-0.2, -0.15) is 11.8 Å². The number of rotatable bonds is 3. The van der Waals surface area contributed by atoms with Crippen LogP contribution in [0.4, 0.5) is 0 Å². The molecule has 3 heteroatoms. The van der Waals surface area contributed by atoms with E-state index < -0.39 is 0 Å². The smallest absolute Gasteiger partial charge is 0.0285 e. The summed E-state index contributed by atoms with van der Waals surface area (Å²) in [5.41, 5.74) is 0. The Morgan fingerprint density at radius 1 is 1.31 bits per heavy atom. The summed E-state index contributed by atoms with van der Waals surface area (Å²) in [6.07, 6.45) is 2.83. The van der Waals surface area contributed by atoms with Crippen LogP contribution >= 0.6 is 11.8 Å². The van der Waals surface area contributed by atoms with E-state index in [1.54, 1.807) is 0 Å². The lowest BCUT2D eigenvalue weighted by molar-refractivity contribution is 0.148. The van der Waals surface area contributed by atoms with E-state index in [9.17, 15) is 0 Å². The topological polar surface area (TPSA) is 15.3 Å². The molecule has 2 saturated heterocycles. The van der Waals surface area contributed by atoms with Crippen molar-refractivity contribution in [2.24, 2.45) is 11.8 Å². The third-order valence-corrected chi connectivity index (χ3v) is 5.18. The molecule has 0 radical (unpaired) electrons. The maximum atomic E-state index is 3.64. The highest BCUT2D eigenvalue weighted by Gasteiger charge is 2.23. The standard InChI is InChI=1S/C13H26N2S/c1-11(2)12-3-6-15(7-4-12)9-13-10-16-8-5-14-13/h11-14H,3-10H2,1-2H3. The molecule has 2 rings (SSSR count). The number of hydrogen-bond acceptors (Lipinski definition) is 3. The van der Waals surface area contributed by atoms with E-state index in [0.717, 1.165) is 17.9 Å². The van der Waals surface area contributed by atoms with Gasteiger partial charge >= 0.3 is 0 Å². The Bertz CT molecular complexity index is 194. The van der Waals surface area contributed by atoms with Gasteiger partial charge in [-0.25, -0.2) is 0 Å². The second-order valence-electron chi connectivity index (χ2n) is 5.61. The van der Waals surface area contributed by atoms with Gasteiger partial charge in [0.25, 0.3) is 0 Å². The second-order valence-corrected chi connectivity index (χ2v) is 6.76. The Balaban J connectivity index is 1.68. The van der Waals surface area contributed by atoms with Gasteiger partial charge in [-0.1, -0.05) is 13.8 Å². The molecular weight excluding hydrogens is 216 g/mol. The molecule has 1 atom stereocenters. The van der Waals surface area contributed by atoms with E-state index in [1.807, 2.05) is 0 Å². The minimum atomic E-state index is 0.745. The molecule has 2 aliphatic heterocycles. The molecular formula is C13H26N2S. The number of piperidine rings is 1. The monoisotopic (exact) mass is 242 g/mol. The molecule has 0 aromatic heterocycles. The molecule has 2 fully saturated rings. The van der Waals surface area contributed by atoms with Crippen molar-refractivity contribution < 1.29 is 0 Å². The first-order valence-corrected chi connectivity index (χ1v) is 7.94. The van der Waals surface area contributed by atoms with E-state index in [1.165, 1.54) is 50.5 Å². The first-order chi connectivity index (χ1) is 7.75. The summed E-state index contributed by atoms with van der Waals surface area (Å²) in [5, 5.41) is 3.64. The maximum Gasteiger partial charge on any atom is 0.0285 e. The first kappa shape index (κ1) is 12.7. The number of nitrogens with zero attached hydrogens (tertiary/aromatic N) is 1. The molecule has 0 spiro atoms. The average Bonchev–Trinajstić information content (AvgIpc) is 2.31. The highest BCUT2D eigenvalue weighted by Crippen LogP contribution is 2.24. The number of hydrogen-bond donors (Lipinski definition) is 1. The first-order valence-electron chi connectivity index (χ1n) is 6.79. The Morgan fingerprint density at radius 3 is 2.62 bits per heavy atom. The third kappa shape index (κ3) is 3.64. The normalized spacial score (nSPS) is 29.8. The number of thioether (sulfide) groups is 1. The molecule has 1 N–H and O–H groups in total. The van der Waals surface area contributed by atoms with Gasteiger partial charge in [0.1, 0.15) is 0 Å². The minimum Gasteiger partial charge on any atom is -0.311 e. The molecule has 0 bridgehead atoms. The summed E-state index contributed by atoms with van der Waals surface area (Å²) in [5.74, 6) is 4.46. The lowest BCUT2D eigenvalue weighted by Crippen LogP contribution is -2.48. The van der Waals surface area contributed by atoms with E-state index in [4.69, 9.17) is 0 Å². The predicted molar refractivity (Wildman–Crippen MR) is 73.1 cm³/mol. The van der Waals surface area contributed by atoms with Crippen LogP contribution in [0.5, 0.6) is 0 Å². The quantitative estimate of drug-likeness (QED) is 0.815. The molecule has 2 aliphatic rings. The van der Waals surface area contributed by atoms with Gasteiger partial charge in [0.05, 0.1) is 0 Å². The van der Waals surface area contributed by atoms with E-state index in [-0.39, 0.29) is 0 Å². The van der Waals surface area contributed by atoms with Crippen LogP contribution in [0.2, 0.25) is 0 Å². The maximum absolute atomic E-state index is 3.64. The van der Waals surface area contributed by atoms with Crippen LogP contribution in [0.1, 0.15) is 26.7 Å². The molecule has 0 amide bonds. The predicted octanol–water partition coefficient (Wildman–Crippen LogP) is 2.06. The van der Waals surface area contributed by atoms with Crippen LogP contribution < -0.4 is 5.32 Å². The molecule has 16 heavy (non-hydrogen) atoms. The lowest BCUT2D eigenvalue weighted by Gasteiger charge is -2.36. The van der Waals surface area contributed by atoms with Crippen LogP contribution in [0.25, 0.3) is 0 Å². The average molecular weight is 242 g/mol. The lowest BCUT2D eigenvalue weighted by atomic mass is 9.86. The zero-order valence-corrected chi connectivity index (χ0v) is 11.6. The Kier molecular flexibility index (Phi) is 4.98. The molecule has 0 aromatic rings. The van der Waals surface area contributed by atoms with Gasteiger partial charge in [0, 0.05) is 30.6 Å². The molecule has 0 saturated carbocycles. The van der Waals surface area contributed by atoms with Crippen LogP contribution in [-0.2, 0) is 0 Å². The van der Waals surface area contributed by atoms with E-state index in [2.05, 4.69) is 35.8 Å². The fourth-order valence-electron chi connectivity index (χ4n) is 2.85. The van der Waals surface area contributed by atoms with E-state index in [0.29, 0.717) is 0 Å². The fourth-order valence-corrected chi connectivity index (χ4v) is 3.79. The largest absolute Gasteiger partial charge is 0.311 e. The van der Waals surface area contributed by atoms with Crippen molar-refractivity contribution in [3.05, 3.63) is 0 Å². The third-order valence-electron chi connectivity index (χ3n) is 4.05. The Morgan fingerprint density at radius 2 is 2.06 bits per heavy atom. The van der Waals surface area contributed by atoms with Crippen molar-refractivity contribution in [2.75, 3.05) is 37.7 Å². The summed E-state index contributed by atoms with van der Waals surface area (Å²) in [6.45, 7) is 9.88. The minimum absolute atomic E-state index is 0.745. The van der Waals surface area contributed by atoms with Crippen molar-refractivity contribution in [1.82, 2.24) is 10.2 Å². The number of nitrogens with one attached hydrogen (secondary N) is 1. The highest BCUT2D eigenvalue weighted by molar-refractivity contribution is 7.99. The Hall–Kier alpha value is 0.270. The summed E-state index contributed by atoms with van der Waals surface area (Å²) in [4.78, 5) is 2.67. The molecule has 94 valence electrons. The molecule has 2 nitrogen and oxygen atoms in total. The van der Waals surface area contributed by atoms with Crippen molar-refractivity contribution in [2.45, 2.75) is 32.7 Å². The molecule has 1 unspecified atom stereocenters.